The molecule has 0 aromatic heterocycles. The third kappa shape index (κ3) is 5.87. The van der Waals surface area contributed by atoms with Crippen molar-refractivity contribution in [2.24, 2.45) is 0 Å². The number of hydrogen-bond donors (Lipinski definition) is 1. The number of hydrogen-bond acceptors (Lipinski definition) is 6. The zero-order valence-electron chi connectivity index (χ0n) is 17.7. The van der Waals surface area contributed by atoms with E-state index in [-0.39, 0.29) is 17.3 Å². The monoisotopic (exact) mass is 436 g/mol. The van der Waals surface area contributed by atoms with Gasteiger partial charge in [0.1, 0.15) is 5.75 Å². The number of nitrogens with one attached hydrogen (secondary N) is 1. The molecule has 0 saturated carbocycles. The number of amides is 1. The highest BCUT2D eigenvalue weighted by Gasteiger charge is 2.24. The minimum absolute atomic E-state index is 0.0200. The lowest BCUT2D eigenvalue weighted by Gasteiger charge is -2.18. The molecule has 1 N–H and O–H groups in total. The number of methoxy groups -OCH3 is 3. The SMILES string of the molecule is COc1ccccc1CCCNC(=O)CN(C)S(=O)(=O)c1ccc(OC)c(OC)c1. The molecule has 0 saturated heterocycles. The van der Waals surface area contributed by atoms with Gasteiger partial charge in [-0.05, 0) is 36.6 Å². The van der Waals surface area contributed by atoms with Gasteiger partial charge in [-0.25, -0.2) is 8.42 Å². The summed E-state index contributed by atoms with van der Waals surface area (Å²) in [5, 5.41) is 2.76. The Bertz CT molecular complexity index is 962. The first-order valence-electron chi connectivity index (χ1n) is 9.40. The Kier molecular flexibility index (Phi) is 8.49. The van der Waals surface area contributed by atoms with Gasteiger partial charge >= 0.3 is 0 Å². The van der Waals surface area contributed by atoms with Crippen LogP contribution in [0.3, 0.4) is 0 Å². The van der Waals surface area contributed by atoms with Crippen molar-refractivity contribution in [2.45, 2.75) is 17.7 Å². The van der Waals surface area contributed by atoms with Crippen LogP contribution in [0.1, 0.15) is 12.0 Å². The van der Waals surface area contributed by atoms with E-state index in [2.05, 4.69) is 5.32 Å². The molecule has 0 spiro atoms. The van der Waals surface area contributed by atoms with Gasteiger partial charge in [0.2, 0.25) is 15.9 Å². The minimum Gasteiger partial charge on any atom is -0.496 e. The zero-order valence-corrected chi connectivity index (χ0v) is 18.5. The van der Waals surface area contributed by atoms with E-state index in [1.807, 2.05) is 24.3 Å². The fourth-order valence-electron chi connectivity index (χ4n) is 2.92. The second-order valence-electron chi connectivity index (χ2n) is 6.54. The maximum Gasteiger partial charge on any atom is 0.243 e. The van der Waals surface area contributed by atoms with Crippen molar-refractivity contribution in [3.8, 4) is 17.2 Å². The Labute approximate surface area is 177 Å². The first-order valence-corrected chi connectivity index (χ1v) is 10.8. The van der Waals surface area contributed by atoms with Gasteiger partial charge in [-0.2, -0.15) is 4.31 Å². The molecule has 0 heterocycles. The molecule has 0 aliphatic heterocycles. The van der Waals surface area contributed by atoms with E-state index < -0.39 is 10.0 Å². The van der Waals surface area contributed by atoms with Crippen LogP contribution in [-0.4, -0.2) is 60.1 Å². The number of nitrogens with zero attached hydrogens (tertiary/aromatic N) is 1. The molecule has 1 amide bonds. The van der Waals surface area contributed by atoms with E-state index in [4.69, 9.17) is 14.2 Å². The van der Waals surface area contributed by atoms with Crippen molar-refractivity contribution >= 4 is 15.9 Å². The maximum absolute atomic E-state index is 12.8. The molecule has 2 rings (SSSR count). The van der Waals surface area contributed by atoms with Crippen LogP contribution in [0, 0.1) is 0 Å². The molecule has 0 aliphatic carbocycles. The van der Waals surface area contributed by atoms with Gasteiger partial charge in [-0.15, -0.1) is 0 Å². The van der Waals surface area contributed by atoms with Gasteiger partial charge in [0.15, 0.2) is 11.5 Å². The largest absolute Gasteiger partial charge is 0.496 e. The van der Waals surface area contributed by atoms with Gasteiger partial charge < -0.3 is 19.5 Å². The number of sulfonamides is 1. The molecule has 30 heavy (non-hydrogen) atoms. The van der Waals surface area contributed by atoms with Gasteiger partial charge in [0.25, 0.3) is 0 Å². The summed E-state index contributed by atoms with van der Waals surface area (Å²) in [5.41, 5.74) is 1.06. The van der Waals surface area contributed by atoms with Gasteiger partial charge in [0, 0.05) is 19.7 Å². The smallest absolute Gasteiger partial charge is 0.243 e. The third-order valence-electron chi connectivity index (χ3n) is 4.57. The Morgan fingerprint density at radius 3 is 2.30 bits per heavy atom. The average Bonchev–Trinajstić information content (AvgIpc) is 2.76. The summed E-state index contributed by atoms with van der Waals surface area (Å²) in [6, 6.07) is 12.0. The van der Waals surface area contributed by atoms with Crippen molar-refractivity contribution in [1.82, 2.24) is 9.62 Å². The Morgan fingerprint density at radius 2 is 1.63 bits per heavy atom. The highest BCUT2D eigenvalue weighted by Crippen LogP contribution is 2.30. The van der Waals surface area contributed by atoms with E-state index >= 15 is 0 Å². The Hall–Kier alpha value is -2.78. The molecular formula is C21H28N2O6S. The number of para-hydroxylation sites is 1. The fourth-order valence-corrected chi connectivity index (χ4v) is 4.06. The van der Waals surface area contributed by atoms with Crippen molar-refractivity contribution in [1.29, 1.82) is 0 Å². The lowest BCUT2D eigenvalue weighted by atomic mass is 10.1. The summed E-state index contributed by atoms with van der Waals surface area (Å²) in [6.45, 7) is 0.145. The molecule has 0 aliphatic rings. The lowest BCUT2D eigenvalue weighted by Crippen LogP contribution is -2.38. The first-order chi connectivity index (χ1) is 14.3. The van der Waals surface area contributed by atoms with Crippen LogP contribution in [0.15, 0.2) is 47.4 Å². The van der Waals surface area contributed by atoms with Crippen molar-refractivity contribution in [2.75, 3.05) is 41.5 Å². The summed E-state index contributed by atoms with van der Waals surface area (Å²) in [5.74, 6) is 1.16. The Morgan fingerprint density at radius 1 is 0.967 bits per heavy atom. The summed E-state index contributed by atoms with van der Waals surface area (Å²) >= 11 is 0. The van der Waals surface area contributed by atoms with E-state index in [9.17, 15) is 13.2 Å². The standard InChI is InChI=1S/C21H28N2O6S/c1-23(30(25,26)17-11-12-19(28-3)20(14-17)29-4)15-21(24)22-13-7-9-16-8-5-6-10-18(16)27-2/h5-6,8,10-12,14H,7,9,13,15H2,1-4H3,(H,22,24). The van der Waals surface area contributed by atoms with Crippen LogP contribution in [-0.2, 0) is 21.2 Å². The topological polar surface area (TPSA) is 94.2 Å². The maximum atomic E-state index is 12.8. The van der Waals surface area contributed by atoms with E-state index in [1.54, 1.807) is 7.11 Å². The van der Waals surface area contributed by atoms with Crippen LogP contribution in [0.2, 0.25) is 0 Å². The van der Waals surface area contributed by atoms with E-state index in [0.29, 0.717) is 24.5 Å². The van der Waals surface area contributed by atoms with E-state index in [1.165, 1.54) is 39.5 Å². The van der Waals surface area contributed by atoms with Gasteiger partial charge in [0.05, 0.1) is 32.8 Å². The number of ether oxygens (including phenoxy) is 3. The first kappa shape index (κ1) is 23.5. The van der Waals surface area contributed by atoms with Crippen LogP contribution in [0.25, 0.3) is 0 Å². The normalized spacial score (nSPS) is 11.2. The van der Waals surface area contributed by atoms with Crippen LogP contribution in [0.4, 0.5) is 0 Å². The number of carbonyl (C=O) groups is 1. The molecule has 0 radical (unpaired) electrons. The van der Waals surface area contributed by atoms with Gasteiger partial charge in [-0.1, -0.05) is 18.2 Å². The quantitative estimate of drug-likeness (QED) is 0.542. The number of aryl methyl sites for hydroxylation is 1. The van der Waals surface area contributed by atoms with Crippen LogP contribution >= 0.6 is 0 Å². The highest BCUT2D eigenvalue weighted by atomic mass is 32.2. The molecule has 0 bridgehead atoms. The zero-order chi connectivity index (χ0) is 22.1. The van der Waals surface area contributed by atoms with Crippen LogP contribution in [0.5, 0.6) is 17.2 Å². The summed E-state index contributed by atoms with van der Waals surface area (Å²) in [6.07, 6.45) is 1.45. The third-order valence-corrected chi connectivity index (χ3v) is 6.37. The number of benzene rings is 2. The predicted octanol–water partition coefficient (Wildman–Crippen LogP) is 2.08. The highest BCUT2D eigenvalue weighted by molar-refractivity contribution is 7.89. The molecule has 8 nitrogen and oxygen atoms in total. The fraction of sp³-hybridized carbons (Fsp3) is 0.381. The van der Waals surface area contributed by atoms with Crippen molar-refractivity contribution < 1.29 is 27.4 Å². The van der Waals surface area contributed by atoms with Crippen molar-refractivity contribution in [3.05, 3.63) is 48.0 Å². The minimum atomic E-state index is -3.85. The molecule has 164 valence electrons. The predicted molar refractivity (Wildman–Crippen MR) is 114 cm³/mol. The van der Waals surface area contributed by atoms with Gasteiger partial charge in [-0.3, -0.25) is 4.79 Å². The van der Waals surface area contributed by atoms with E-state index in [0.717, 1.165) is 22.0 Å². The van der Waals surface area contributed by atoms with Crippen LogP contribution < -0.4 is 19.5 Å². The number of carbonyl (C=O) groups excluding carboxylic acids is 1. The second-order valence-corrected chi connectivity index (χ2v) is 8.59. The summed E-state index contributed by atoms with van der Waals surface area (Å²) < 4.78 is 42.1. The van der Waals surface area contributed by atoms with Crippen molar-refractivity contribution in [3.63, 3.8) is 0 Å². The molecule has 9 heteroatoms. The number of rotatable bonds is 11. The summed E-state index contributed by atoms with van der Waals surface area (Å²) in [4.78, 5) is 12.2. The average molecular weight is 437 g/mol. The molecule has 0 fully saturated rings. The lowest BCUT2D eigenvalue weighted by molar-refractivity contribution is -0.121. The molecule has 0 atom stereocenters. The Balaban J connectivity index is 1.90. The second kappa shape index (κ2) is 10.8. The molecule has 2 aromatic rings. The number of likely N-dealkylation sites (N-methyl/N-ethyl adjacent to an activating group) is 1. The molecule has 2 aromatic carbocycles. The molecule has 0 unspecified atom stereocenters. The summed E-state index contributed by atoms with van der Waals surface area (Å²) in [7, 11) is 2.02. The molecular weight excluding hydrogens is 408 g/mol.